The normalized spacial score (nSPS) is 10.9. The number of methoxy groups -OCH3 is 1. The molecule has 0 heterocycles. The molecule has 0 radical (unpaired) electrons. The minimum absolute atomic E-state index is 0.198. The number of benzene rings is 2. The SMILES string of the molecule is CCN(C)/C=N\c1cc(C)cc(Nc2ccc(OC)c(F)c2)c1Cl. The zero-order valence-electron chi connectivity index (χ0n) is 14.2. The Morgan fingerprint density at radius 2 is 2.08 bits per heavy atom. The van der Waals surface area contributed by atoms with Crippen LogP contribution in [-0.2, 0) is 0 Å². The molecule has 128 valence electrons. The van der Waals surface area contributed by atoms with Crippen LogP contribution in [0.3, 0.4) is 0 Å². The van der Waals surface area contributed by atoms with Crippen LogP contribution in [0, 0.1) is 12.7 Å². The Bertz CT molecular complexity index is 749. The molecule has 0 spiro atoms. The number of anilines is 2. The van der Waals surface area contributed by atoms with Gasteiger partial charge in [0, 0.05) is 25.3 Å². The summed E-state index contributed by atoms with van der Waals surface area (Å²) in [5.41, 5.74) is 2.92. The second-order valence-electron chi connectivity index (χ2n) is 5.44. The highest BCUT2D eigenvalue weighted by molar-refractivity contribution is 6.36. The maximum Gasteiger partial charge on any atom is 0.167 e. The highest BCUT2D eigenvalue weighted by Gasteiger charge is 2.09. The number of halogens is 2. The fourth-order valence-electron chi connectivity index (χ4n) is 2.08. The smallest absolute Gasteiger partial charge is 0.167 e. The molecule has 0 amide bonds. The molecular weight excluding hydrogens is 329 g/mol. The van der Waals surface area contributed by atoms with Crippen LogP contribution >= 0.6 is 11.6 Å². The first-order valence-corrected chi connectivity index (χ1v) is 7.97. The third-order valence-corrected chi connectivity index (χ3v) is 3.92. The van der Waals surface area contributed by atoms with Crippen molar-refractivity contribution in [3.8, 4) is 5.75 Å². The van der Waals surface area contributed by atoms with Crippen molar-refractivity contribution in [2.75, 3.05) is 26.0 Å². The Morgan fingerprint density at radius 1 is 1.33 bits per heavy atom. The number of hydrogen-bond acceptors (Lipinski definition) is 3. The predicted octanol–water partition coefficient (Wildman–Crippen LogP) is 5.15. The molecular formula is C18H21ClFN3O. The van der Waals surface area contributed by atoms with Gasteiger partial charge in [-0.25, -0.2) is 9.38 Å². The van der Waals surface area contributed by atoms with Gasteiger partial charge < -0.3 is 15.0 Å². The molecule has 0 saturated carbocycles. The molecule has 0 unspecified atom stereocenters. The quantitative estimate of drug-likeness (QED) is 0.578. The van der Waals surface area contributed by atoms with Crippen molar-refractivity contribution in [3.63, 3.8) is 0 Å². The molecule has 4 nitrogen and oxygen atoms in total. The van der Waals surface area contributed by atoms with Crippen molar-refractivity contribution in [1.29, 1.82) is 0 Å². The molecule has 0 bridgehead atoms. The lowest BCUT2D eigenvalue weighted by molar-refractivity contribution is 0.386. The molecule has 0 aliphatic carbocycles. The maximum atomic E-state index is 13.8. The molecule has 0 fully saturated rings. The van der Waals surface area contributed by atoms with Gasteiger partial charge in [0.05, 0.1) is 29.8 Å². The van der Waals surface area contributed by atoms with E-state index in [1.54, 1.807) is 18.5 Å². The Morgan fingerprint density at radius 3 is 2.71 bits per heavy atom. The van der Waals surface area contributed by atoms with E-state index in [-0.39, 0.29) is 5.75 Å². The number of nitrogens with zero attached hydrogens (tertiary/aromatic N) is 2. The van der Waals surface area contributed by atoms with Crippen LogP contribution in [-0.4, -0.2) is 31.9 Å². The molecule has 0 aromatic heterocycles. The highest BCUT2D eigenvalue weighted by atomic mass is 35.5. The molecule has 2 aromatic carbocycles. The Balaban J connectivity index is 2.32. The zero-order chi connectivity index (χ0) is 17.7. The van der Waals surface area contributed by atoms with Crippen molar-refractivity contribution in [3.05, 3.63) is 46.7 Å². The summed E-state index contributed by atoms with van der Waals surface area (Å²) in [7, 11) is 3.37. The highest BCUT2D eigenvalue weighted by Crippen LogP contribution is 2.36. The van der Waals surface area contributed by atoms with Crippen LogP contribution < -0.4 is 10.1 Å². The van der Waals surface area contributed by atoms with Gasteiger partial charge in [-0.05, 0) is 43.7 Å². The summed E-state index contributed by atoms with van der Waals surface area (Å²) in [4.78, 5) is 6.37. The lowest BCUT2D eigenvalue weighted by Gasteiger charge is -2.13. The van der Waals surface area contributed by atoms with Gasteiger partial charge in [0.1, 0.15) is 0 Å². The van der Waals surface area contributed by atoms with Crippen molar-refractivity contribution in [2.24, 2.45) is 4.99 Å². The van der Waals surface area contributed by atoms with E-state index in [2.05, 4.69) is 10.3 Å². The van der Waals surface area contributed by atoms with Crippen LogP contribution in [0.2, 0.25) is 5.02 Å². The van der Waals surface area contributed by atoms with E-state index in [0.717, 1.165) is 12.1 Å². The standard InChI is InChI=1S/C18H21ClFN3O/c1-5-23(3)11-21-15-8-12(2)9-16(18(15)19)22-13-6-7-17(24-4)14(20)10-13/h6-11,22H,5H2,1-4H3/b21-11-. The van der Waals surface area contributed by atoms with Gasteiger partial charge in [-0.2, -0.15) is 0 Å². The average Bonchev–Trinajstić information content (AvgIpc) is 2.56. The monoisotopic (exact) mass is 349 g/mol. The Kier molecular flexibility index (Phi) is 6.04. The van der Waals surface area contributed by atoms with Gasteiger partial charge in [-0.1, -0.05) is 11.6 Å². The van der Waals surface area contributed by atoms with Gasteiger partial charge in [-0.3, -0.25) is 0 Å². The van der Waals surface area contributed by atoms with Gasteiger partial charge in [0.15, 0.2) is 11.6 Å². The lowest BCUT2D eigenvalue weighted by Crippen LogP contribution is -2.14. The molecule has 0 aliphatic heterocycles. The van der Waals surface area contributed by atoms with Crippen LogP contribution in [0.1, 0.15) is 12.5 Å². The summed E-state index contributed by atoms with van der Waals surface area (Å²) < 4.78 is 18.8. The van der Waals surface area contributed by atoms with E-state index in [1.165, 1.54) is 13.2 Å². The third-order valence-electron chi connectivity index (χ3n) is 3.52. The molecule has 0 atom stereocenters. The number of hydrogen-bond donors (Lipinski definition) is 1. The first kappa shape index (κ1) is 18.1. The summed E-state index contributed by atoms with van der Waals surface area (Å²) in [5, 5.41) is 3.62. The Hall–Kier alpha value is -2.27. The van der Waals surface area contributed by atoms with E-state index in [9.17, 15) is 4.39 Å². The molecule has 6 heteroatoms. The number of aliphatic imine (C=N–C) groups is 1. The maximum absolute atomic E-state index is 13.8. The molecule has 0 aliphatic rings. The fraction of sp³-hybridized carbons (Fsp3) is 0.278. The summed E-state index contributed by atoms with van der Waals surface area (Å²) in [6, 6.07) is 8.46. The summed E-state index contributed by atoms with van der Waals surface area (Å²) in [6.07, 6.45) is 1.73. The van der Waals surface area contributed by atoms with E-state index in [4.69, 9.17) is 16.3 Å². The molecule has 1 N–H and O–H groups in total. The number of aryl methyl sites for hydroxylation is 1. The van der Waals surface area contributed by atoms with Crippen LogP contribution in [0.15, 0.2) is 35.3 Å². The number of nitrogens with one attached hydrogen (secondary N) is 1. The van der Waals surface area contributed by atoms with E-state index < -0.39 is 5.82 Å². The number of rotatable bonds is 6. The van der Waals surface area contributed by atoms with Crippen molar-refractivity contribution in [1.82, 2.24) is 4.90 Å². The molecule has 24 heavy (non-hydrogen) atoms. The van der Waals surface area contributed by atoms with Gasteiger partial charge in [-0.15, -0.1) is 0 Å². The van der Waals surface area contributed by atoms with Crippen LogP contribution in [0.4, 0.5) is 21.5 Å². The predicted molar refractivity (Wildman–Crippen MR) is 98.9 cm³/mol. The Labute approximate surface area is 146 Å². The average molecular weight is 350 g/mol. The molecule has 2 aromatic rings. The topological polar surface area (TPSA) is 36.9 Å². The second-order valence-corrected chi connectivity index (χ2v) is 5.82. The van der Waals surface area contributed by atoms with E-state index in [1.807, 2.05) is 37.9 Å². The first-order chi connectivity index (χ1) is 11.4. The summed E-state index contributed by atoms with van der Waals surface area (Å²) in [6.45, 7) is 4.84. The van der Waals surface area contributed by atoms with Crippen LogP contribution in [0.5, 0.6) is 5.75 Å². The molecule has 2 rings (SSSR count). The van der Waals surface area contributed by atoms with Gasteiger partial charge in [0.25, 0.3) is 0 Å². The third kappa shape index (κ3) is 4.38. The zero-order valence-corrected chi connectivity index (χ0v) is 15.0. The van der Waals surface area contributed by atoms with E-state index in [0.29, 0.717) is 22.1 Å². The minimum Gasteiger partial charge on any atom is -0.494 e. The van der Waals surface area contributed by atoms with E-state index >= 15 is 0 Å². The lowest BCUT2D eigenvalue weighted by atomic mass is 10.2. The largest absolute Gasteiger partial charge is 0.494 e. The first-order valence-electron chi connectivity index (χ1n) is 7.59. The minimum atomic E-state index is -0.436. The number of ether oxygens (including phenoxy) is 1. The van der Waals surface area contributed by atoms with Crippen molar-refractivity contribution >= 4 is 35.0 Å². The van der Waals surface area contributed by atoms with Crippen molar-refractivity contribution in [2.45, 2.75) is 13.8 Å². The van der Waals surface area contributed by atoms with Gasteiger partial charge in [0.2, 0.25) is 0 Å². The summed E-state index contributed by atoms with van der Waals surface area (Å²) >= 11 is 6.44. The second kappa shape index (κ2) is 8.02. The van der Waals surface area contributed by atoms with Gasteiger partial charge >= 0.3 is 0 Å². The summed E-state index contributed by atoms with van der Waals surface area (Å²) in [5.74, 6) is -0.238. The van der Waals surface area contributed by atoms with Crippen LogP contribution in [0.25, 0.3) is 0 Å². The van der Waals surface area contributed by atoms with Crippen molar-refractivity contribution < 1.29 is 9.13 Å². The fourth-order valence-corrected chi connectivity index (χ4v) is 2.28. The molecule has 0 saturated heterocycles.